The minimum Gasteiger partial charge on any atom is -0.445 e. The highest BCUT2D eigenvalue weighted by molar-refractivity contribution is 5.64. The zero-order valence-electron chi connectivity index (χ0n) is 9.49. The van der Waals surface area contributed by atoms with Gasteiger partial charge < -0.3 is 15.4 Å². The fraction of sp³-hybridized carbons (Fsp3) is 0.417. The molecule has 0 aliphatic carbocycles. The standard InChI is InChI=1S/C12H15FN2O2/c13-10-7-9(8-17-12(14)16)3-4-11(10)15-5-1-2-6-15/h3-4,7H,1-2,5-6,8H2,(H2,14,16). The molecule has 0 bridgehead atoms. The number of ether oxygens (including phenoxy) is 1. The maximum atomic E-state index is 13.8. The van der Waals surface area contributed by atoms with E-state index in [9.17, 15) is 9.18 Å². The SMILES string of the molecule is NC(=O)OCc1ccc(N2CCCC2)c(F)c1. The number of hydrogen-bond donors (Lipinski definition) is 1. The summed E-state index contributed by atoms with van der Waals surface area (Å²) in [7, 11) is 0. The molecule has 1 amide bonds. The Morgan fingerprint density at radius 2 is 2.12 bits per heavy atom. The van der Waals surface area contributed by atoms with E-state index in [4.69, 9.17) is 5.73 Å². The van der Waals surface area contributed by atoms with E-state index in [1.54, 1.807) is 12.1 Å². The van der Waals surface area contributed by atoms with Gasteiger partial charge in [0.25, 0.3) is 0 Å². The van der Waals surface area contributed by atoms with Crippen LogP contribution in [-0.2, 0) is 11.3 Å². The molecule has 0 radical (unpaired) electrons. The summed E-state index contributed by atoms with van der Waals surface area (Å²) >= 11 is 0. The van der Waals surface area contributed by atoms with Crippen molar-refractivity contribution < 1.29 is 13.9 Å². The molecule has 5 heteroatoms. The molecule has 1 fully saturated rings. The molecule has 0 aromatic heterocycles. The molecule has 1 aliphatic heterocycles. The van der Waals surface area contributed by atoms with Crippen LogP contribution in [0, 0.1) is 5.82 Å². The van der Waals surface area contributed by atoms with Crippen molar-refractivity contribution in [3.05, 3.63) is 29.6 Å². The summed E-state index contributed by atoms with van der Waals surface area (Å²) in [6.45, 7) is 1.80. The molecule has 1 heterocycles. The summed E-state index contributed by atoms with van der Waals surface area (Å²) in [5.74, 6) is -0.280. The minimum atomic E-state index is -0.853. The maximum Gasteiger partial charge on any atom is 0.404 e. The number of hydrogen-bond acceptors (Lipinski definition) is 3. The molecule has 0 spiro atoms. The topological polar surface area (TPSA) is 55.6 Å². The van der Waals surface area contributed by atoms with E-state index in [2.05, 4.69) is 4.74 Å². The molecule has 1 saturated heterocycles. The Labute approximate surface area is 99.2 Å². The van der Waals surface area contributed by atoms with Crippen LogP contribution in [-0.4, -0.2) is 19.2 Å². The predicted octanol–water partition coefficient (Wildman–Crippen LogP) is 2.02. The summed E-state index contributed by atoms with van der Waals surface area (Å²) in [4.78, 5) is 12.5. The third kappa shape index (κ3) is 2.87. The Kier molecular flexibility index (Phi) is 3.46. The van der Waals surface area contributed by atoms with Gasteiger partial charge in [0.05, 0.1) is 5.69 Å². The molecular weight excluding hydrogens is 223 g/mol. The molecule has 0 unspecified atom stereocenters. The number of carbonyl (C=O) groups excluding carboxylic acids is 1. The second-order valence-corrected chi connectivity index (χ2v) is 4.09. The lowest BCUT2D eigenvalue weighted by atomic mass is 10.2. The lowest BCUT2D eigenvalue weighted by molar-refractivity contribution is 0.150. The number of rotatable bonds is 3. The van der Waals surface area contributed by atoms with Crippen LogP contribution in [0.4, 0.5) is 14.9 Å². The van der Waals surface area contributed by atoms with E-state index < -0.39 is 6.09 Å². The van der Waals surface area contributed by atoms with Gasteiger partial charge in [-0.2, -0.15) is 0 Å². The highest BCUT2D eigenvalue weighted by Crippen LogP contribution is 2.24. The van der Waals surface area contributed by atoms with Gasteiger partial charge in [0, 0.05) is 13.1 Å². The Morgan fingerprint density at radius 3 is 2.71 bits per heavy atom. The van der Waals surface area contributed by atoms with Crippen LogP contribution in [0.2, 0.25) is 0 Å². The lowest BCUT2D eigenvalue weighted by Crippen LogP contribution is -2.19. The van der Waals surface area contributed by atoms with E-state index in [1.165, 1.54) is 6.07 Å². The number of amides is 1. The molecular formula is C12H15FN2O2. The third-order valence-corrected chi connectivity index (χ3v) is 2.84. The molecule has 92 valence electrons. The van der Waals surface area contributed by atoms with Gasteiger partial charge in [-0.1, -0.05) is 6.07 Å². The van der Waals surface area contributed by atoms with Gasteiger partial charge in [-0.15, -0.1) is 0 Å². The lowest BCUT2D eigenvalue weighted by Gasteiger charge is -2.18. The Morgan fingerprint density at radius 1 is 1.41 bits per heavy atom. The zero-order valence-corrected chi connectivity index (χ0v) is 9.49. The van der Waals surface area contributed by atoms with Crippen molar-refractivity contribution in [2.45, 2.75) is 19.4 Å². The molecule has 2 rings (SSSR count). The Hall–Kier alpha value is -1.78. The van der Waals surface area contributed by atoms with Crippen molar-refractivity contribution >= 4 is 11.8 Å². The number of carbonyl (C=O) groups is 1. The molecule has 4 nitrogen and oxygen atoms in total. The average molecular weight is 238 g/mol. The molecule has 0 atom stereocenters. The van der Waals surface area contributed by atoms with E-state index in [-0.39, 0.29) is 12.4 Å². The van der Waals surface area contributed by atoms with Gasteiger partial charge in [-0.3, -0.25) is 0 Å². The molecule has 2 N–H and O–H groups in total. The largest absolute Gasteiger partial charge is 0.445 e. The molecule has 1 aromatic rings. The first-order valence-electron chi connectivity index (χ1n) is 5.62. The highest BCUT2D eigenvalue weighted by atomic mass is 19.1. The number of halogens is 1. The summed E-state index contributed by atoms with van der Waals surface area (Å²) in [5, 5.41) is 0. The summed E-state index contributed by atoms with van der Waals surface area (Å²) < 4.78 is 18.4. The smallest absolute Gasteiger partial charge is 0.404 e. The minimum absolute atomic E-state index is 0.00648. The van der Waals surface area contributed by atoms with Gasteiger partial charge in [0.1, 0.15) is 12.4 Å². The summed E-state index contributed by atoms with van der Waals surface area (Å²) in [6, 6.07) is 4.86. The number of primary amides is 1. The van der Waals surface area contributed by atoms with Crippen molar-refractivity contribution in [1.82, 2.24) is 0 Å². The van der Waals surface area contributed by atoms with E-state index in [1.807, 2.05) is 4.90 Å². The first-order valence-corrected chi connectivity index (χ1v) is 5.62. The van der Waals surface area contributed by atoms with E-state index >= 15 is 0 Å². The average Bonchev–Trinajstić information content (AvgIpc) is 2.79. The van der Waals surface area contributed by atoms with Crippen molar-refractivity contribution in [2.24, 2.45) is 5.73 Å². The zero-order chi connectivity index (χ0) is 12.3. The second kappa shape index (κ2) is 5.03. The first kappa shape index (κ1) is 11.7. The van der Waals surface area contributed by atoms with Crippen LogP contribution < -0.4 is 10.6 Å². The number of nitrogens with zero attached hydrogens (tertiary/aromatic N) is 1. The quantitative estimate of drug-likeness (QED) is 0.876. The van der Waals surface area contributed by atoms with Gasteiger partial charge in [0.15, 0.2) is 0 Å². The van der Waals surface area contributed by atoms with Crippen molar-refractivity contribution in [3.63, 3.8) is 0 Å². The van der Waals surface area contributed by atoms with Gasteiger partial charge >= 0.3 is 6.09 Å². The maximum absolute atomic E-state index is 13.8. The summed E-state index contributed by atoms with van der Waals surface area (Å²) in [6.07, 6.45) is 1.35. The van der Waals surface area contributed by atoms with Crippen LogP contribution >= 0.6 is 0 Å². The van der Waals surface area contributed by atoms with Crippen molar-refractivity contribution in [3.8, 4) is 0 Å². The molecule has 1 aromatic carbocycles. The molecule has 1 aliphatic rings. The van der Waals surface area contributed by atoms with Crippen LogP contribution in [0.25, 0.3) is 0 Å². The van der Waals surface area contributed by atoms with E-state index in [0.717, 1.165) is 25.9 Å². The van der Waals surface area contributed by atoms with Gasteiger partial charge in [-0.05, 0) is 30.5 Å². The van der Waals surface area contributed by atoms with E-state index in [0.29, 0.717) is 11.3 Å². The van der Waals surface area contributed by atoms with Crippen LogP contribution in [0.1, 0.15) is 18.4 Å². The predicted molar refractivity (Wildman–Crippen MR) is 62.2 cm³/mol. The fourth-order valence-corrected chi connectivity index (χ4v) is 2.01. The van der Waals surface area contributed by atoms with Crippen molar-refractivity contribution in [2.75, 3.05) is 18.0 Å². The van der Waals surface area contributed by atoms with Gasteiger partial charge in [0.2, 0.25) is 0 Å². The monoisotopic (exact) mass is 238 g/mol. The van der Waals surface area contributed by atoms with Crippen LogP contribution in [0.5, 0.6) is 0 Å². The highest BCUT2D eigenvalue weighted by Gasteiger charge is 2.16. The van der Waals surface area contributed by atoms with Crippen molar-refractivity contribution in [1.29, 1.82) is 0 Å². The molecule has 0 saturated carbocycles. The molecule has 17 heavy (non-hydrogen) atoms. The van der Waals surface area contributed by atoms with Gasteiger partial charge in [-0.25, -0.2) is 9.18 Å². The number of benzene rings is 1. The fourth-order valence-electron chi connectivity index (χ4n) is 2.01. The normalized spacial score (nSPS) is 15.0. The summed E-state index contributed by atoms with van der Waals surface area (Å²) in [5.41, 5.74) is 6.06. The first-order chi connectivity index (χ1) is 8.16. The van der Waals surface area contributed by atoms with Crippen LogP contribution in [0.15, 0.2) is 18.2 Å². The Balaban J connectivity index is 2.08. The second-order valence-electron chi connectivity index (χ2n) is 4.09. The Bertz CT molecular complexity index is 417. The number of nitrogens with two attached hydrogens (primary N) is 1. The third-order valence-electron chi connectivity index (χ3n) is 2.84. The number of anilines is 1. The van der Waals surface area contributed by atoms with Crippen LogP contribution in [0.3, 0.4) is 0 Å².